The molecule has 0 heterocycles. The van der Waals surface area contributed by atoms with Crippen LogP contribution in [-0.2, 0) is 19.2 Å². The number of rotatable bonds is 12. The average Bonchev–Trinajstić information content (AvgIpc) is 2.85. The van der Waals surface area contributed by atoms with Crippen molar-refractivity contribution in [2.45, 2.75) is 79.2 Å². The molecule has 5 N–H and O–H groups in total. The first-order chi connectivity index (χ1) is 19.2. The Morgan fingerprint density at radius 2 is 1.74 bits per heavy atom. The highest BCUT2D eigenvalue weighted by Gasteiger charge is 2.29. The fourth-order valence-corrected chi connectivity index (χ4v) is 5.07. The van der Waals surface area contributed by atoms with Crippen LogP contribution in [-0.4, -0.2) is 34.8 Å². The molecule has 1 aromatic rings. The summed E-state index contributed by atoms with van der Waals surface area (Å²) in [6.45, 7) is 11.8. The van der Waals surface area contributed by atoms with Crippen LogP contribution in [0.4, 0.5) is 5.69 Å². The lowest BCUT2D eigenvalue weighted by atomic mass is 9.72. The Morgan fingerprint density at radius 1 is 1.07 bits per heavy atom. The number of carbonyl (C=O) groups excluding carboxylic acids is 3. The number of allylic oxidation sites excluding steroid dienone is 9. The van der Waals surface area contributed by atoms with Crippen LogP contribution >= 0.6 is 12.4 Å². The second-order valence-electron chi connectivity index (χ2n) is 11.3. The van der Waals surface area contributed by atoms with Crippen molar-refractivity contribution >= 4 is 41.8 Å². The predicted octanol–water partition coefficient (Wildman–Crippen LogP) is 6.13. The van der Waals surface area contributed by atoms with Crippen molar-refractivity contribution in [1.29, 1.82) is 0 Å². The minimum atomic E-state index is -1.32. The fraction of sp³-hybridized carbons (Fsp3) is 0.394. The molecule has 0 aromatic heterocycles. The van der Waals surface area contributed by atoms with Gasteiger partial charge in [0.2, 0.25) is 17.7 Å². The maximum atomic E-state index is 12.8. The number of hydrogen-bond donors (Lipinski definition) is 4. The van der Waals surface area contributed by atoms with Crippen LogP contribution in [0.1, 0.15) is 78.7 Å². The van der Waals surface area contributed by atoms with E-state index >= 15 is 0 Å². The first kappa shape index (κ1) is 36.1. The predicted molar refractivity (Wildman–Crippen MR) is 170 cm³/mol. The van der Waals surface area contributed by atoms with Crippen molar-refractivity contribution in [2.75, 3.05) is 5.32 Å². The smallest absolute Gasteiger partial charge is 0.326 e. The number of amides is 3. The molecule has 228 valence electrons. The Bertz CT molecular complexity index is 1320. The van der Waals surface area contributed by atoms with Gasteiger partial charge in [0.1, 0.15) is 6.04 Å². The van der Waals surface area contributed by atoms with E-state index in [2.05, 4.69) is 43.6 Å². The second kappa shape index (κ2) is 16.5. The van der Waals surface area contributed by atoms with Crippen molar-refractivity contribution in [3.8, 4) is 0 Å². The molecule has 0 spiro atoms. The van der Waals surface area contributed by atoms with E-state index in [4.69, 9.17) is 5.73 Å². The third kappa shape index (κ3) is 11.2. The van der Waals surface area contributed by atoms with Gasteiger partial charge in [-0.05, 0) is 74.6 Å². The van der Waals surface area contributed by atoms with Crippen LogP contribution in [0.5, 0.6) is 0 Å². The summed E-state index contributed by atoms with van der Waals surface area (Å²) in [7, 11) is 0. The first-order valence-electron chi connectivity index (χ1n) is 13.8. The summed E-state index contributed by atoms with van der Waals surface area (Å²) in [4.78, 5) is 48.1. The van der Waals surface area contributed by atoms with Crippen LogP contribution in [0.25, 0.3) is 0 Å². The number of aliphatic carboxylic acids is 1. The molecule has 2 rings (SSSR count). The number of benzene rings is 1. The molecular formula is C33H44ClN3O5. The maximum Gasteiger partial charge on any atom is 0.326 e. The molecule has 2 unspecified atom stereocenters. The summed E-state index contributed by atoms with van der Waals surface area (Å²) in [6, 6.07) is 5.24. The number of carboxylic acids is 1. The summed E-state index contributed by atoms with van der Waals surface area (Å²) in [5.41, 5.74) is 11.1. The monoisotopic (exact) mass is 597 g/mol. The van der Waals surface area contributed by atoms with Crippen molar-refractivity contribution in [1.82, 2.24) is 5.32 Å². The molecule has 0 saturated heterocycles. The highest BCUT2D eigenvalue weighted by atomic mass is 35.5. The van der Waals surface area contributed by atoms with Crippen LogP contribution < -0.4 is 16.4 Å². The number of nitrogens with two attached hydrogens (primary N) is 1. The zero-order valence-corrected chi connectivity index (χ0v) is 26.1. The van der Waals surface area contributed by atoms with E-state index in [1.54, 1.807) is 31.2 Å². The van der Waals surface area contributed by atoms with Crippen LogP contribution in [0.2, 0.25) is 0 Å². The molecule has 0 fully saturated rings. The summed E-state index contributed by atoms with van der Waals surface area (Å²) < 4.78 is 0. The lowest BCUT2D eigenvalue weighted by Crippen LogP contribution is -2.42. The second-order valence-corrected chi connectivity index (χ2v) is 11.3. The molecule has 0 radical (unpaired) electrons. The van der Waals surface area contributed by atoms with Gasteiger partial charge in [-0.1, -0.05) is 73.6 Å². The van der Waals surface area contributed by atoms with Gasteiger partial charge in [0.15, 0.2) is 0 Å². The third-order valence-corrected chi connectivity index (χ3v) is 7.22. The molecule has 0 bridgehead atoms. The molecule has 2 atom stereocenters. The Labute approximate surface area is 255 Å². The molecule has 9 heteroatoms. The SMILES string of the molecule is CC(=O)NC(CC(C(N)=O)c1ccccc1NC(=O)/C=C(C)/C=C/C=C(C)/C=C/C1=C(C)CCCC1(C)C)C(=O)O.Cl. The van der Waals surface area contributed by atoms with Gasteiger partial charge in [-0.15, -0.1) is 12.4 Å². The minimum Gasteiger partial charge on any atom is -0.480 e. The van der Waals surface area contributed by atoms with Gasteiger partial charge in [-0.3, -0.25) is 14.4 Å². The van der Waals surface area contributed by atoms with E-state index in [9.17, 15) is 24.3 Å². The average molecular weight is 598 g/mol. The van der Waals surface area contributed by atoms with Crippen molar-refractivity contribution in [3.05, 3.63) is 88.6 Å². The zero-order valence-electron chi connectivity index (χ0n) is 25.3. The van der Waals surface area contributed by atoms with E-state index in [-0.39, 0.29) is 24.2 Å². The number of hydrogen-bond acceptors (Lipinski definition) is 4. The van der Waals surface area contributed by atoms with Crippen molar-refractivity contribution < 1.29 is 24.3 Å². The van der Waals surface area contributed by atoms with E-state index in [0.29, 0.717) is 16.8 Å². The lowest BCUT2D eigenvalue weighted by molar-refractivity contribution is -0.142. The van der Waals surface area contributed by atoms with Gasteiger partial charge >= 0.3 is 5.97 Å². The van der Waals surface area contributed by atoms with Gasteiger partial charge in [-0.25, -0.2) is 4.79 Å². The van der Waals surface area contributed by atoms with Gasteiger partial charge in [-0.2, -0.15) is 0 Å². The zero-order chi connectivity index (χ0) is 30.7. The lowest BCUT2D eigenvalue weighted by Gasteiger charge is -2.32. The highest BCUT2D eigenvalue weighted by Crippen LogP contribution is 2.40. The molecule has 0 aliphatic heterocycles. The Kier molecular flexibility index (Phi) is 14.2. The number of carboxylic acid groups (broad SMARTS) is 1. The molecule has 1 aromatic carbocycles. The molecule has 1 aliphatic carbocycles. The van der Waals surface area contributed by atoms with Crippen LogP contribution in [0, 0.1) is 5.41 Å². The molecule has 8 nitrogen and oxygen atoms in total. The molecule has 0 saturated carbocycles. The Balaban J connectivity index is 0.00000882. The van der Waals surface area contributed by atoms with Crippen molar-refractivity contribution in [3.63, 3.8) is 0 Å². The molecule has 3 amide bonds. The number of anilines is 1. The molecular weight excluding hydrogens is 554 g/mol. The van der Waals surface area contributed by atoms with Gasteiger partial charge in [0.25, 0.3) is 0 Å². The van der Waals surface area contributed by atoms with E-state index in [1.807, 2.05) is 25.2 Å². The fourth-order valence-electron chi connectivity index (χ4n) is 5.07. The largest absolute Gasteiger partial charge is 0.480 e. The molecule has 1 aliphatic rings. The van der Waals surface area contributed by atoms with E-state index in [1.165, 1.54) is 37.0 Å². The Morgan fingerprint density at radius 3 is 2.33 bits per heavy atom. The normalized spacial score (nSPS) is 17.0. The summed E-state index contributed by atoms with van der Waals surface area (Å²) >= 11 is 0. The molecule has 42 heavy (non-hydrogen) atoms. The van der Waals surface area contributed by atoms with Gasteiger partial charge in [0.05, 0.1) is 5.92 Å². The maximum absolute atomic E-state index is 12.8. The van der Waals surface area contributed by atoms with E-state index in [0.717, 1.165) is 12.0 Å². The summed E-state index contributed by atoms with van der Waals surface area (Å²) in [5.74, 6) is -4.07. The van der Waals surface area contributed by atoms with Gasteiger partial charge in [0, 0.05) is 18.7 Å². The van der Waals surface area contributed by atoms with Crippen LogP contribution in [0.3, 0.4) is 0 Å². The van der Waals surface area contributed by atoms with E-state index < -0.39 is 35.7 Å². The Hall–Kier alpha value is -3.91. The number of carbonyl (C=O) groups is 4. The quantitative estimate of drug-likeness (QED) is 0.170. The summed E-state index contributed by atoms with van der Waals surface area (Å²) in [6.07, 6.45) is 14.8. The van der Waals surface area contributed by atoms with Crippen LogP contribution in [0.15, 0.2) is 83.0 Å². The van der Waals surface area contributed by atoms with Crippen molar-refractivity contribution in [2.24, 2.45) is 11.1 Å². The topological polar surface area (TPSA) is 139 Å². The standard InChI is InChI=1S/C33H43N3O5.ClH/c1-21(16-17-27-23(3)13-10-18-33(27,5)6)11-9-12-22(2)19-30(38)36-28-15-8-7-14-25(28)26(31(34)39)20-29(32(40)41)35-24(4)37;/h7-9,11-12,14-17,19,26,29H,10,13,18,20H2,1-6H3,(H2,34,39)(H,35,37)(H,36,38)(H,40,41);1H/b12-9+,17-16+,21-11+,22-19+;. The number of para-hydroxylation sites is 1. The summed E-state index contributed by atoms with van der Waals surface area (Å²) in [5, 5.41) is 14.6. The number of primary amides is 1. The number of nitrogens with one attached hydrogen (secondary N) is 2. The minimum absolute atomic E-state index is 0. The van der Waals surface area contributed by atoms with Gasteiger partial charge < -0.3 is 21.5 Å². The third-order valence-electron chi connectivity index (χ3n) is 7.22. The number of halogens is 1. The first-order valence-corrected chi connectivity index (χ1v) is 13.8. The highest BCUT2D eigenvalue weighted by molar-refractivity contribution is 6.01.